The molecule has 154 valence electrons. The van der Waals surface area contributed by atoms with Gasteiger partial charge in [-0.15, -0.1) is 11.3 Å². The normalized spacial score (nSPS) is 13.7. The van der Waals surface area contributed by atoms with Crippen molar-refractivity contribution in [2.75, 3.05) is 51.3 Å². The smallest absolute Gasteiger partial charge is 0.325 e. The number of nitrogens with zero attached hydrogens (tertiary/aromatic N) is 2. The molecule has 3 rings (SSSR count). The minimum atomic E-state index is -0.639. The lowest BCUT2D eigenvalue weighted by atomic mass is 10.2. The number of benzene rings is 1. The summed E-state index contributed by atoms with van der Waals surface area (Å²) in [6, 6.07) is 11.2. The predicted octanol–water partition coefficient (Wildman–Crippen LogP) is 1.38. The molecule has 0 saturated carbocycles. The molecule has 1 aliphatic heterocycles. The molecule has 29 heavy (non-hydrogen) atoms. The van der Waals surface area contributed by atoms with Crippen molar-refractivity contribution in [1.82, 2.24) is 10.2 Å². The van der Waals surface area contributed by atoms with E-state index in [9.17, 15) is 14.4 Å². The molecule has 2 heterocycles. The van der Waals surface area contributed by atoms with Gasteiger partial charge in [-0.2, -0.15) is 0 Å². The van der Waals surface area contributed by atoms with Crippen molar-refractivity contribution in [2.45, 2.75) is 0 Å². The Balaban J connectivity index is 1.37. The molecular weight excluding hydrogens is 394 g/mol. The van der Waals surface area contributed by atoms with E-state index in [0.29, 0.717) is 31.1 Å². The van der Waals surface area contributed by atoms with Gasteiger partial charge in [0.05, 0.1) is 12.0 Å². The van der Waals surface area contributed by atoms with Crippen molar-refractivity contribution in [1.29, 1.82) is 0 Å². The van der Waals surface area contributed by atoms with E-state index in [4.69, 9.17) is 9.47 Å². The Hall–Kier alpha value is -3.07. The van der Waals surface area contributed by atoms with E-state index >= 15 is 0 Å². The Bertz CT molecular complexity index is 830. The van der Waals surface area contributed by atoms with Gasteiger partial charge in [0, 0.05) is 31.9 Å². The lowest BCUT2D eigenvalue weighted by Gasteiger charge is -2.36. The summed E-state index contributed by atoms with van der Waals surface area (Å²) in [6.07, 6.45) is 0. The van der Waals surface area contributed by atoms with Crippen molar-refractivity contribution >= 4 is 34.8 Å². The summed E-state index contributed by atoms with van der Waals surface area (Å²) < 4.78 is 10.2. The molecule has 1 fully saturated rings. The van der Waals surface area contributed by atoms with Gasteiger partial charge in [0.15, 0.2) is 6.61 Å². The predicted molar refractivity (Wildman–Crippen MR) is 109 cm³/mol. The van der Waals surface area contributed by atoms with Crippen LogP contribution in [-0.2, 0) is 14.3 Å². The number of hydrogen-bond acceptors (Lipinski definition) is 7. The molecule has 2 aromatic rings. The quantitative estimate of drug-likeness (QED) is 0.685. The highest BCUT2D eigenvalue weighted by Gasteiger charge is 2.22. The average Bonchev–Trinajstić information content (AvgIpc) is 3.31. The third kappa shape index (κ3) is 5.71. The Labute approximate surface area is 173 Å². The van der Waals surface area contributed by atoms with Crippen LogP contribution in [0.4, 0.5) is 5.69 Å². The molecule has 1 aliphatic rings. The van der Waals surface area contributed by atoms with Crippen LogP contribution in [0.25, 0.3) is 0 Å². The number of nitrogens with one attached hydrogen (secondary N) is 1. The summed E-state index contributed by atoms with van der Waals surface area (Å²) in [6.45, 7) is 1.91. The van der Waals surface area contributed by atoms with Crippen LogP contribution in [-0.4, -0.2) is 69.1 Å². The summed E-state index contributed by atoms with van der Waals surface area (Å²) in [5.74, 6) is -0.411. The van der Waals surface area contributed by atoms with E-state index in [-0.39, 0.29) is 25.0 Å². The molecule has 1 saturated heterocycles. The van der Waals surface area contributed by atoms with E-state index in [0.717, 1.165) is 11.4 Å². The molecular formula is C20H23N3O5S. The van der Waals surface area contributed by atoms with Gasteiger partial charge in [-0.25, -0.2) is 0 Å². The molecule has 1 N–H and O–H groups in total. The molecule has 0 spiro atoms. The number of ether oxygens (including phenoxy) is 2. The lowest BCUT2D eigenvalue weighted by Crippen LogP contribution is -2.50. The van der Waals surface area contributed by atoms with Crippen molar-refractivity contribution in [3.05, 3.63) is 46.7 Å². The lowest BCUT2D eigenvalue weighted by molar-refractivity contribution is -0.151. The van der Waals surface area contributed by atoms with Crippen LogP contribution in [0.1, 0.15) is 9.67 Å². The largest absolute Gasteiger partial charge is 0.497 e. The van der Waals surface area contributed by atoms with Gasteiger partial charge in [-0.3, -0.25) is 14.4 Å². The minimum absolute atomic E-state index is 0.239. The number of carbonyl (C=O) groups excluding carboxylic acids is 3. The SMILES string of the molecule is COc1ccc(N2CCN(C(=O)COC(=O)CNC(=O)c3cccs3)CC2)cc1. The van der Waals surface area contributed by atoms with Crippen LogP contribution in [0.2, 0.25) is 0 Å². The van der Waals surface area contributed by atoms with Crippen molar-refractivity contribution in [3.8, 4) is 5.75 Å². The number of hydrogen-bond donors (Lipinski definition) is 1. The van der Waals surface area contributed by atoms with Crippen LogP contribution in [0.5, 0.6) is 5.75 Å². The first-order chi connectivity index (χ1) is 14.1. The van der Waals surface area contributed by atoms with E-state index in [1.807, 2.05) is 24.3 Å². The highest BCUT2D eigenvalue weighted by atomic mass is 32.1. The van der Waals surface area contributed by atoms with Gasteiger partial charge < -0.3 is 24.6 Å². The average molecular weight is 417 g/mol. The maximum Gasteiger partial charge on any atom is 0.325 e. The number of amides is 2. The molecule has 1 aromatic heterocycles. The molecule has 0 radical (unpaired) electrons. The monoisotopic (exact) mass is 417 g/mol. The second-order valence-electron chi connectivity index (χ2n) is 6.39. The second-order valence-corrected chi connectivity index (χ2v) is 7.33. The zero-order chi connectivity index (χ0) is 20.6. The maximum absolute atomic E-state index is 12.3. The number of piperazine rings is 1. The number of esters is 1. The molecule has 8 nitrogen and oxygen atoms in total. The number of methoxy groups -OCH3 is 1. The fourth-order valence-corrected chi connectivity index (χ4v) is 3.58. The van der Waals surface area contributed by atoms with E-state index < -0.39 is 5.97 Å². The molecule has 0 bridgehead atoms. The standard InChI is InChI=1S/C20H23N3O5S/c1-27-16-6-4-15(5-7-16)22-8-10-23(11-9-22)18(24)14-28-19(25)13-21-20(26)17-3-2-12-29-17/h2-7,12H,8-11,13-14H2,1H3,(H,21,26). The molecule has 0 aliphatic carbocycles. The Kier molecular flexibility index (Phi) is 7.07. The van der Waals surface area contributed by atoms with Crippen LogP contribution < -0.4 is 15.0 Å². The number of anilines is 1. The van der Waals surface area contributed by atoms with Gasteiger partial charge in [-0.1, -0.05) is 6.07 Å². The van der Waals surface area contributed by atoms with Crippen LogP contribution in [0, 0.1) is 0 Å². The Morgan fingerprint density at radius 3 is 2.41 bits per heavy atom. The summed E-state index contributed by atoms with van der Waals surface area (Å²) in [4.78, 5) is 40.2. The minimum Gasteiger partial charge on any atom is -0.497 e. The maximum atomic E-state index is 12.3. The number of carbonyl (C=O) groups is 3. The van der Waals surface area contributed by atoms with Gasteiger partial charge in [0.25, 0.3) is 11.8 Å². The molecule has 9 heteroatoms. The fourth-order valence-electron chi connectivity index (χ4n) is 2.94. The summed E-state index contributed by atoms with van der Waals surface area (Å²) in [7, 11) is 1.63. The summed E-state index contributed by atoms with van der Waals surface area (Å²) in [5, 5.41) is 4.25. The van der Waals surface area contributed by atoms with Crippen molar-refractivity contribution in [2.24, 2.45) is 0 Å². The van der Waals surface area contributed by atoms with Gasteiger partial charge in [-0.05, 0) is 35.7 Å². The van der Waals surface area contributed by atoms with Crippen LogP contribution in [0.15, 0.2) is 41.8 Å². The molecule has 1 aromatic carbocycles. The zero-order valence-corrected chi connectivity index (χ0v) is 16.9. The molecule has 0 unspecified atom stereocenters. The number of thiophene rings is 1. The van der Waals surface area contributed by atoms with E-state index in [2.05, 4.69) is 10.2 Å². The highest BCUT2D eigenvalue weighted by Crippen LogP contribution is 2.20. The Morgan fingerprint density at radius 2 is 1.79 bits per heavy atom. The first-order valence-electron chi connectivity index (χ1n) is 9.21. The summed E-state index contributed by atoms with van der Waals surface area (Å²) in [5.41, 5.74) is 1.07. The molecule has 2 amide bonds. The third-order valence-corrected chi connectivity index (χ3v) is 5.43. The molecule has 0 atom stereocenters. The Morgan fingerprint density at radius 1 is 1.07 bits per heavy atom. The third-order valence-electron chi connectivity index (χ3n) is 4.56. The van der Waals surface area contributed by atoms with Crippen LogP contribution in [0.3, 0.4) is 0 Å². The second kappa shape index (κ2) is 9.92. The number of rotatable bonds is 7. The first-order valence-corrected chi connectivity index (χ1v) is 10.1. The van der Waals surface area contributed by atoms with Crippen molar-refractivity contribution < 1.29 is 23.9 Å². The zero-order valence-electron chi connectivity index (χ0n) is 16.1. The van der Waals surface area contributed by atoms with Crippen molar-refractivity contribution in [3.63, 3.8) is 0 Å². The van der Waals surface area contributed by atoms with E-state index in [1.54, 1.807) is 29.5 Å². The summed E-state index contributed by atoms with van der Waals surface area (Å²) >= 11 is 1.28. The first kappa shape index (κ1) is 20.7. The fraction of sp³-hybridized carbons (Fsp3) is 0.350. The van der Waals surface area contributed by atoms with Gasteiger partial charge in [0.1, 0.15) is 12.3 Å². The highest BCUT2D eigenvalue weighted by molar-refractivity contribution is 7.12. The van der Waals surface area contributed by atoms with Crippen LogP contribution >= 0.6 is 11.3 Å². The van der Waals surface area contributed by atoms with E-state index in [1.165, 1.54) is 11.3 Å². The topological polar surface area (TPSA) is 88.2 Å². The van der Waals surface area contributed by atoms with Gasteiger partial charge in [0.2, 0.25) is 0 Å². The van der Waals surface area contributed by atoms with Gasteiger partial charge >= 0.3 is 5.97 Å².